The fourth-order valence-corrected chi connectivity index (χ4v) is 0.893. The van der Waals surface area contributed by atoms with Crippen molar-refractivity contribution in [2.75, 3.05) is 5.73 Å². The van der Waals surface area contributed by atoms with Crippen molar-refractivity contribution in [2.45, 2.75) is 0 Å². The lowest BCUT2D eigenvalue weighted by atomic mass is 10.5. The van der Waals surface area contributed by atoms with Crippen LogP contribution in [-0.2, 0) is 0 Å². The number of fused-ring (bicyclic) bond motifs is 1. The molecule has 2 rings (SSSR count). The summed E-state index contributed by atoms with van der Waals surface area (Å²) in [6.07, 6.45) is 3.26. The van der Waals surface area contributed by atoms with Gasteiger partial charge >= 0.3 is 0 Å². The number of nitrogens with two attached hydrogens (primary N) is 1. The molecule has 0 fully saturated rings. The van der Waals surface area contributed by atoms with Crippen molar-refractivity contribution in [2.24, 2.45) is 0 Å². The standard InChI is InChI=1S/C6H6N4O/c7-4-5-8-2-1-3-10(5)9-6(4)11/h1-3H,7H2,(H,9,11). The third-order valence-corrected chi connectivity index (χ3v) is 1.41. The van der Waals surface area contributed by atoms with Gasteiger partial charge < -0.3 is 10.8 Å². The van der Waals surface area contributed by atoms with E-state index in [-0.39, 0.29) is 11.6 Å². The minimum atomic E-state index is -0.177. The maximum absolute atomic E-state index is 9.05. The zero-order valence-electron chi connectivity index (χ0n) is 5.60. The van der Waals surface area contributed by atoms with Gasteiger partial charge in [-0.3, -0.25) is 0 Å². The Labute approximate surface area is 62.1 Å². The van der Waals surface area contributed by atoms with Gasteiger partial charge in [0.05, 0.1) is 0 Å². The number of rotatable bonds is 0. The van der Waals surface area contributed by atoms with Crippen LogP contribution < -0.4 is 5.73 Å². The van der Waals surface area contributed by atoms with Gasteiger partial charge in [0.25, 0.3) is 5.88 Å². The molecular formula is C6H6N4O. The van der Waals surface area contributed by atoms with Gasteiger partial charge in [0.2, 0.25) is 0 Å². The molecule has 0 atom stereocenters. The van der Waals surface area contributed by atoms with Crippen molar-refractivity contribution < 1.29 is 5.11 Å². The van der Waals surface area contributed by atoms with E-state index < -0.39 is 0 Å². The number of nitrogens with zero attached hydrogens (tertiary/aromatic N) is 3. The second kappa shape index (κ2) is 1.85. The number of hydrogen-bond donors (Lipinski definition) is 2. The molecule has 0 saturated heterocycles. The van der Waals surface area contributed by atoms with Crippen molar-refractivity contribution >= 4 is 11.3 Å². The molecule has 0 aliphatic rings. The Morgan fingerprint density at radius 2 is 2.36 bits per heavy atom. The second-order valence-electron chi connectivity index (χ2n) is 2.13. The first-order valence-corrected chi connectivity index (χ1v) is 3.07. The quantitative estimate of drug-likeness (QED) is 0.555. The Hall–Kier alpha value is -1.78. The van der Waals surface area contributed by atoms with Crippen LogP contribution in [0.2, 0.25) is 0 Å². The fraction of sp³-hybridized carbons (Fsp3) is 0. The van der Waals surface area contributed by atoms with E-state index in [0.29, 0.717) is 5.65 Å². The molecule has 0 amide bonds. The summed E-state index contributed by atoms with van der Waals surface area (Å²) in [6, 6.07) is 1.71. The number of anilines is 1. The van der Waals surface area contributed by atoms with Gasteiger partial charge in [-0.15, -0.1) is 5.10 Å². The molecule has 0 saturated carbocycles. The minimum absolute atomic E-state index is 0.177. The van der Waals surface area contributed by atoms with E-state index in [1.54, 1.807) is 18.5 Å². The van der Waals surface area contributed by atoms with Crippen LogP contribution in [-0.4, -0.2) is 19.7 Å². The van der Waals surface area contributed by atoms with Crippen LogP contribution >= 0.6 is 0 Å². The van der Waals surface area contributed by atoms with Gasteiger partial charge in [0.15, 0.2) is 5.65 Å². The molecule has 5 nitrogen and oxygen atoms in total. The van der Waals surface area contributed by atoms with Crippen molar-refractivity contribution in [3.63, 3.8) is 0 Å². The van der Waals surface area contributed by atoms with Gasteiger partial charge in [-0.1, -0.05) is 0 Å². The van der Waals surface area contributed by atoms with E-state index >= 15 is 0 Å². The van der Waals surface area contributed by atoms with Crippen LogP contribution in [0, 0.1) is 0 Å². The van der Waals surface area contributed by atoms with E-state index in [1.165, 1.54) is 4.52 Å². The van der Waals surface area contributed by atoms with Gasteiger partial charge in [0.1, 0.15) is 5.69 Å². The monoisotopic (exact) mass is 150 g/mol. The highest BCUT2D eigenvalue weighted by Gasteiger charge is 2.06. The molecule has 2 heterocycles. The Balaban J connectivity index is 2.92. The van der Waals surface area contributed by atoms with Crippen molar-refractivity contribution in [3.05, 3.63) is 18.5 Å². The molecule has 0 aliphatic heterocycles. The normalized spacial score (nSPS) is 10.5. The molecule has 0 aliphatic carbocycles. The molecular weight excluding hydrogens is 144 g/mol. The van der Waals surface area contributed by atoms with Crippen LogP contribution in [0.4, 0.5) is 5.69 Å². The lowest BCUT2D eigenvalue weighted by molar-refractivity contribution is 0.451. The molecule has 2 aromatic rings. The Bertz CT molecular complexity index is 394. The zero-order chi connectivity index (χ0) is 7.84. The average molecular weight is 150 g/mol. The van der Waals surface area contributed by atoms with E-state index in [0.717, 1.165) is 0 Å². The molecule has 11 heavy (non-hydrogen) atoms. The van der Waals surface area contributed by atoms with Gasteiger partial charge in [-0.25, -0.2) is 9.50 Å². The largest absolute Gasteiger partial charge is 0.491 e. The van der Waals surface area contributed by atoms with Crippen LogP contribution in [0.5, 0.6) is 5.88 Å². The number of nitrogen functional groups attached to an aromatic ring is 1. The summed E-state index contributed by atoms with van der Waals surface area (Å²) in [7, 11) is 0. The highest BCUT2D eigenvalue weighted by Crippen LogP contribution is 2.20. The Morgan fingerprint density at radius 1 is 1.55 bits per heavy atom. The van der Waals surface area contributed by atoms with Crippen LogP contribution in [0.3, 0.4) is 0 Å². The molecule has 0 bridgehead atoms. The van der Waals surface area contributed by atoms with Gasteiger partial charge in [0, 0.05) is 12.4 Å². The summed E-state index contributed by atoms with van der Waals surface area (Å²) in [5, 5.41) is 12.7. The van der Waals surface area contributed by atoms with Gasteiger partial charge in [-0.2, -0.15) is 0 Å². The molecule has 5 heteroatoms. The summed E-state index contributed by atoms with van der Waals surface area (Å²) in [4.78, 5) is 3.92. The molecule has 2 aromatic heterocycles. The zero-order valence-corrected chi connectivity index (χ0v) is 5.60. The van der Waals surface area contributed by atoms with Crippen molar-refractivity contribution in [1.82, 2.24) is 14.6 Å². The highest BCUT2D eigenvalue weighted by molar-refractivity contribution is 5.69. The molecule has 3 N–H and O–H groups in total. The predicted octanol–water partition coefficient (Wildman–Crippen LogP) is 0.0171. The first kappa shape index (κ1) is 5.96. The molecule has 0 spiro atoms. The molecule has 0 aromatic carbocycles. The van der Waals surface area contributed by atoms with E-state index in [1.807, 2.05) is 0 Å². The van der Waals surface area contributed by atoms with Crippen molar-refractivity contribution in [3.8, 4) is 5.88 Å². The predicted molar refractivity (Wildman–Crippen MR) is 39.1 cm³/mol. The third kappa shape index (κ3) is 0.706. The van der Waals surface area contributed by atoms with E-state index in [9.17, 15) is 0 Å². The minimum Gasteiger partial charge on any atom is -0.491 e. The van der Waals surface area contributed by atoms with Crippen LogP contribution in [0.1, 0.15) is 0 Å². The SMILES string of the molecule is Nc1c(O)nn2cccnc12. The summed E-state index contributed by atoms with van der Waals surface area (Å²) in [5.41, 5.74) is 6.13. The first-order valence-electron chi connectivity index (χ1n) is 3.07. The van der Waals surface area contributed by atoms with Crippen molar-refractivity contribution in [1.29, 1.82) is 0 Å². The highest BCUT2D eigenvalue weighted by atomic mass is 16.3. The lowest BCUT2D eigenvalue weighted by Crippen LogP contribution is -1.89. The number of hydrogen-bond acceptors (Lipinski definition) is 4. The topological polar surface area (TPSA) is 76.4 Å². The van der Waals surface area contributed by atoms with E-state index in [4.69, 9.17) is 10.8 Å². The maximum atomic E-state index is 9.05. The summed E-state index contributed by atoms with van der Waals surface area (Å²) >= 11 is 0. The van der Waals surface area contributed by atoms with Crippen LogP contribution in [0.25, 0.3) is 5.65 Å². The Kier molecular flexibility index (Phi) is 1.00. The average Bonchev–Trinajstić information content (AvgIpc) is 2.30. The lowest BCUT2D eigenvalue weighted by Gasteiger charge is -1.87. The molecule has 0 radical (unpaired) electrons. The number of aromatic nitrogens is 3. The molecule has 0 unspecified atom stereocenters. The summed E-state index contributed by atoms with van der Waals surface area (Å²) < 4.78 is 1.42. The van der Waals surface area contributed by atoms with E-state index in [2.05, 4.69) is 10.1 Å². The third-order valence-electron chi connectivity index (χ3n) is 1.41. The molecule has 56 valence electrons. The van der Waals surface area contributed by atoms with Crippen LogP contribution in [0.15, 0.2) is 18.5 Å². The van der Waals surface area contributed by atoms with Gasteiger partial charge in [-0.05, 0) is 6.07 Å². The summed E-state index contributed by atoms with van der Waals surface area (Å²) in [5.74, 6) is -0.177. The summed E-state index contributed by atoms with van der Waals surface area (Å²) in [6.45, 7) is 0. The fourth-order valence-electron chi connectivity index (χ4n) is 0.893. The number of aromatic hydroxyl groups is 1. The Morgan fingerprint density at radius 3 is 3.09 bits per heavy atom. The maximum Gasteiger partial charge on any atom is 0.256 e. The second-order valence-corrected chi connectivity index (χ2v) is 2.13. The smallest absolute Gasteiger partial charge is 0.256 e. The first-order chi connectivity index (χ1) is 5.29.